The highest BCUT2D eigenvalue weighted by molar-refractivity contribution is 5.84. The van der Waals surface area contributed by atoms with Crippen LogP contribution in [0.5, 0.6) is 0 Å². The summed E-state index contributed by atoms with van der Waals surface area (Å²) in [5.41, 5.74) is 1.02. The number of hydrogen-bond donors (Lipinski definition) is 4. The van der Waals surface area contributed by atoms with E-state index in [2.05, 4.69) is 41.3 Å². The van der Waals surface area contributed by atoms with Crippen molar-refractivity contribution in [1.29, 1.82) is 0 Å². The van der Waals surface area contributed by atoms with Crippen LogP contribution in [0.3, 0.4) is 0 Å². The Morgan fingerprint density at radius 3 is 2.57 bits per heavy atom. The van der Waals surface area contributed by atoms with Gasteiger partial charge in [-0.1, -0.05) is 32.1 Å². The van der Waals surface area contributed by atoms with Gasteiger partial charge < -0.3 is 35.1 Å². The van der Waals surface area contributed by atoms with Crippen molar-refractivity contribution in [2.45, 2.75) is 88.9 Å². The molecule has 0 amide bonds. The highest BCUT2D eigenvalue weighted by Crippen LogP contribution is 2.43. The second kappa shape index (κ2) is 12.9. The average molecular weight is 584 g/mol. The van der Waals surface area contributed by atoms with Crippen LogP contribution in [-0.2, 0) is 30.3 Å². The molecule has 2 saturated heterocycles. The number of carbonyl (C=O) groups is 2. The molecule has 0 aromatic carbocycles. The molecule has 6 rings (SSSR count). The van der Waals surface area contributed by atoms with Gasteiger partial charge in [-0.25, -0.2) is 4.98 Å². The Hall–Kier alpha value is -3.92. The number of nitrogens with zero attached hydrogens (tertiary/aromatic N) is 7. The normalized spacial score (nSPS) is 26.4. The maximum Gasteiger partial charge on any atom is 0.293 e. The van der Waals surface area contributed by atoms with Crippen LogP contribution in [0.1, 0.15) is 75.7 Å². The number of anilines is 2. The predicted molar refractivity (Wildman–Crippen MR) is 148 cm³/mol. The number of aryl methyl sites for hydroxylation is 1. The number of aromatic amines is 1. The molecule has 3 aliphatic rings. The van der Waals surface area contributed by atoms with Crippen molar-refractivity contribution in [2.24, 2.45) is 5.92 Å². The van der Waals surface area contributed by atoms with E-state index in [4.69, 9.17) is 24.2 Å². The van der Waals surface area contributed by atoms with E-state index in [1.54, 1.807) is 0 Å². The van der Waals surface area contributed by atoms with Gasteiger partial charge in [0.1, 0.15) is 11.3 Å². The van der Waals surface area contributed by atoms with Gasteiger partial charge in [0.15, 0.2) is 35.9 Å². The minimum absolute atomic E-state index is 0.198. The van der Waals surface area contributed by atoms with Gasteiger partial charge in [-0.3, -0.25) is 9.59 Å². The Kier molecular flexibility index (Phi) is 8.69. The van der Waals surface area contributed by atoms with Crippen LogP contribution in [-0.4, -0.2) is 91.0 Å². The van der Waals surface area contributed by atoms with Crippen LogP contribution in [0.4, 0.5) is 11.8 Å². The van der Waals surface area contributed by atoms with E-state index < -0.39 is 24.4 Å². The lowest BCUT2D eigenvalue weighted by atomic mass is 9.87. The minimum atomic E-state index is -1.02. The molecule has 1 aliphatic carbocycles. The lowest BCUT2D eigenvalue weighted by molar-refractivity contribution is -0.150. The van der Waals surface area contributed by atoms with Gasteiger partial charge >= 0.3 is 0 Å². The molecular formula is C26H37N11O5. The molecule has 2 aliphatic heterocycles. The van der Waals surface area contributed by atoms with Crippen molar-refractivity contribution in [2.75, 3.05) is 30.3 Å². The zero-order valence-corrected chi connectivity index (χ0v) is 23.6. The molecule has 0 spiro atoms. The number of rotatable bonds is 13. The number of imidazole rings is 1. The van der Waals surface area contributed by atoms with Crippen molar-refractivity contribution >= 4 is 35.9 Å². The summed E-state index contributed by atoms with van der Waals surface area (Å²) >= 11 is 0. The van der Waals surface area contributed by atoms with Crippen molar-refractivity contribution in [3.63, 3.8) is 0 Å². The summed E-state index contributed by atoms with van der Waals surface area (Å²) in [7, 11) is 0. The summed E-state index contributed by atoms with van der Waals surface area (Å²) in [6, 6.07) is 0.213. The second-order valence-corrected chi connectivity index (χ2v) is 11.0. The van der Waals surface area contributed by atoms with Gasteiger partial charge in [0.25, 0.3) is 12.9 Å². The van der Waals surface area contributed by atoms with Crippen molar-refractivity contribution in [1.82, 2.24) is 45.5 Å². The summed E-state index contributed by atoms with van der Waals surface area (Å²) in [6.07, 6.45) is 4.54. The summed E-state index contributed by atoms with van der Waals surface area (Å²) in [5.74, 6) is 2.35. The van der Waals surface area contributed by atoms with E-state index in [1.165, 1.54) is 36.9 Å². The van der Waals surface area contributed by atoms with Gasteiger partial charge in [0.05, 0.1) is 6.54 Å². The molecule has 5 atom stereocenters. The maximum atomic E-state index is 11.5. The third-order valence-corrected chi connectivity index (χ3v) is 8.25. The highest BCUT2D eigenvalue weighted by Gasteiger charge is 2.52. The maximum absolute atomic E-state index is 11.5. The molecule has 42 heavy (non-hydrogen) atoms. The van der Waals surface area contributed by atoms with E-state index in [0.717, 1.165) is 32.5 Å². The van der Waals surface area contributed by atoms with E-state index in [9.17, 15) is 9.59 Å². The fraction of sp³-hybridized carbons (Fsp3) is 0.692. The number of hydrogen-bond acceptors (Lipinski definition) is 14. The van der Waals surface area contributed by atoms with Crippen LogP contribution < -0.4 is 16.0 Å². The Morgan fingerprint density at radius 2 is 1.86 bits per heavy atom. The summed E-state index contributed by atoms with van der Waals surface area (Å²) < 4.78 is 17.0. The quantitative estimate of drug-likeness (QED) is 0.211. The fourth-order valence-corrected chi connectivity index (χ4v) is 6.09. The third kappa shape index (κ3) is 5.99. The lowest BCUT2D eigenvalue weighted by Gasteiger charge is -2.21. The molecule has 0 bridgehead atoms. The molecule has 0 unspecified atom stereocenters. The van der Waals surface area contributed by atoms with Crippen LogP contribution in [0.15, 0.2) is 0 Å². The topological polar surface area (TPSA) is 196 Å². The molecule has 226 valence electrons. The molecule has 4 N–H and O–H groups in total. The molecule has 3 aromatic heterocycles. The first kappa shape index (κ1) is 28.2. The van der Waals surface area contributed by atoms with Crippen molar-refractivity contribution in [3.05, 3.63) is 11.6 Å². The highest BCUT2D eigenvalue weighted by atomic mass is 16.6. The molecule has 5 heterocycles. The largest absolute Gasteiger partial charge is 0.457 e. The van der Waals surface area contributed by atoms with Crippen LogP contribution in [0, 0.1) is 5.92 Å². The molecule has 16 nitrogen and oxygen atoms in total. The first-order valence-electron chi connectivity index (χ1n) is 14.8. The van der Waals surface area contributed by atoms with E-state index in [-0.39, 0.29) is 18.3 Å². The summed E-state index contributed by atoms with van der Waals surface area (Å²) in [5, 5.41) is 22.6. The first-order valence-corrected chi connectivity index (χ1v) is 14.8. The molecular weight excluding hydrogens is 546 g/mol. The number of H-pyrrole nitrogens is 1. The third-order valence-electron chi connectivity index (χ3n) is 8.25. The van der Waals surface area contributed by atoms with Gasteiger partial charge in [0, 0.05) is 19.1 Å². The molecule has 1 saturated carbocycles. The predicted octanol–water partition coefficient (Wildman–Crippen LogP) is 1.41. The smallest absolute Gasteiger partial charge is 0.293 e. The SMILES string of the molecule is CCn1nnc([C@H]2O[C@H](c3nc4nc(N[C@H]5CCNC5)nc(NCCC5CCCCC5)c4[nH]3)[C@H](OC=O)[C@@H]2OC=O)n1. The van der Waals surface area contributed by atoms with Crippen LogP contribution in [0.2, 0.25) is 0 Å². The molecule has 16 heteroatoms. The Morgan fingerprint density at radius 1 is 1.05 bits per heavy atom. The summed E-state index contributed by atoms with van der Waals surface area (Å²) in [6.45, 7) is 5.45. The zero-order valence-electron chi connectivity index (χ0n) is 23.6. The van der Waals surface area contributed by atoms with E-state index >= 15 is 0 Å². The Balaban J connectivity index is 1.31. The number of carbonyl (C=O) groups excluding carboxylic acids is 2. The molecule has 3 aromatic rings. The number of aromatic nitrogens is 8. The number of nitrogens with one attached hydrogen (secondary N) is 4. The minimum Gasteiger partial charge on any atom is -0.457 e. The first-order chi connectivity index (χ1) is 20.7. The molecule has 0 radical (unpaired) electrons. The van der Waals surface area contributed by atoms with Crippen LogP contribution >= 0.6 is 0 Å². The standard InChI is InChI=1S/C26H37N11O5/c1-2-37-35-25(34-36-37)21-19(41-14-39)18(40-13-38)20(42-21)24-30-17-22(28-11-8-15-6-4-3-5-7-15)32-26(33-23(17)31-24)29-16-9-10-27-12-16/h13-16,18-21,27H,2-12H2,1H3,(H3,28,29,30,31,32,33)/t16-,18+,19-,20-,21-/m0/s1. The average Bonchev–Trinajstić information content (AvgIpc) is 3.81. The van der Waals surface area contributed by atoms with E-state index in [0.29, 0.717) is 47.7 Å². The Labute approximate surface area is 242 Å². The number of fused-ring (bicyclic) bond motifs is 1. The van der Waals surface area contributed by atoms with Gasteiger partial charge in [-0.05, 0) is 37.4 Å². The number of ether oxygens (including phenoxy) is 3. The van der Waals surface area contributed by atoms with Crippen LogP contribution in [0.25, 0.3) is 11.2 Å². The monoisotopic (exact) mass is 583 g/mol. The van der Waals surface area contributed by atoms with Gasteiger partial charge in [-0.15, -0.1) is 10.2 Å². The van der Waals surface area contributed by atoms with Crippen molar-refractivity contribution in [3.8, 4) is 0 Å². The van der Waals surface area contributed by atoms with E-state index in [1.807, 2.05) is 6.92 Å². The second-order valence-electron chi connectivity index (χ2n) is 11.0. The Bertz CT molecular complexity index is 1350. The summed E-state index contributed by atoms with van der Waals surface area (Å²) in [4.78, 5) is 41.8. The van der Waals surface area contributed by atoms with Gasteiger partial charge in [0.2, 0.25) is 11.8 Å². The molecule has 3 fully saturated rings. The van der Waals surface area contributed by atoms with Gasteiger partial charge in [-0.2, -0.15) is 14.8 Å². The fourth-order valence-electron chi connectivity index (χ4n) is 6.09. The lowest BCUT2D eigenvalue weighted by Crippen LogP contribution is -2.33. The zero-order chi connectivity index (χ0) is 28.9. The van der Waals surface area contributed by atoms with Crippen molar-refractivity contribution < 1.29 is 23.8 Å². The number of tetrazole rings is 1.